The Morgan fingerprint density at radius 1 is 1.28 bits per heavy atom. The van der Waals surface area contributed by atoms with Crippen LogP contribution in [0.1, 0.15) is 18.4 Å². The first-order valence-electron chi connectivity index (χ1n) is 8.00. The number of carbonyl (C=O) groups is 1. The molecule has 0 spiro atoms. The second-order valence-corrected chi connectivity index (χ2v) is 6.40. The zero-order valence-electron chi connectivity index (χ0n) is 14.1. The van der Waals surface area contributed by atoms with Crippen LogP contribution in [0.2, 0.25) is 0 Å². The number of rotatable bonds is 7. The number of aromatic nitrogens is 2. The van der Waals surface area contributed by atoms with Crippen LogP contribution < -0.4 is 4.74 Å². The molecule has 0 aliphatic heterocycles. The van der Waals surface area contributed by atoms with Crippen molar-refractivity contribution in [3.8, 4) is 16.5 Å². The maximum Gasteiger partial charge on any atom is 0.260 e. The third kappa shape index (κ3) is 4.24. The van der Waals surface area contributed by atoms with Crippen molar-refractivity contribution in [1.29, 1.82) is 0 Å². The first-order chi connectivity index (χ1) is 12.2. The molecule has 0 bridgehead atoms. The van der Waals surface area contributed by atoms with Gasteiger partial charge in [0, 0.05) is 6.54 Å². The molecule has 130 valence electrons. The molecule has 3 aromatic rings. The van der Waals surface area contributed by atoms with Crippen LogP contribution in [-0.4, -0.2) is 34.1 Å². The van der Waals surface area contributed by atoms with Crippen molar-refractivity contribution >= 4 is 17.2 Å². The average Bonchev–Trinajstić information content (AvgIpc) is 3.30. The normalized spacial score (nSPS) is 10.6. The van der Waals surface area contributed by atoms with Gasteiger partial charge >= 0.3 is 0 Å². The van der Waals surface area contributed by atoms with E-state index in [1.54, 1.807) is 16.2 Å². The Morgan fingerprint density at radius 3 is 2.84 bits per heavy atom. The predicted octanol–water partition coefficient (Wildman–Crippen LogP) is 3.53. The number of thiophene rings is 1. The van der Waals surface area contributed by atoms with E-state index in [0.29, 0.717) is 24.0 Å². The Kier molecular flexibility index (Phi) is 5.45. The van der Waals surface area contributed by atoms with Gasteiger partial charge < -0.3 is 14.2 Å². The van der Waals surface area contributed by atoms with Gasteiger partial charge in [0.25, 0.3) is 5.91 Å². The molecule has 2 heterocycles. The number of aryl methyl sites for hydroxylation is 1. The van der Waals surface area contributed by atoms with E-state index in [1.807, 2.05) is 55.6 Å². The maximum absolute atomic E-state index is 12.4. The van der Waals surface area contributed by atoms with Gasteiger partial charge in [-0.2, -0.15) is 4.98 Å². The number of para-hydroxylation sites is 1. The van der Waals surface area contributed by atoms with E-state index in [1.165, 1.54) is 0 Å². The molecule has 3 rings (SSSR count). The highest BCUT2D eigenvalue weighted by Crippen LogP contribution is 2.21. The second kappa shape index (κ2) is 7.94. The average molecular weight is 357 g/mol. The molecular formula is C18H19N3O3S. The van der Waals surface area contributed by atoms with Gasteiger partial charge in [-0.3, -0.25) is 4.79 Å². The summed E-state index contributed by atoms with van der Waals surface area (Å²) in [7, 11) is 0. The topological polar surface area (TPSA) is 68.5 Å². The van der Waals surface area contributed by atoms with E-state index in [-0.39, 0.29) is 19.1 Å². The standard InChI is InChI=1S/C18H19N3O3S/c1-3-21(17(22)12-23-14-8-5-4-7-13(14)2)11-16-19-18(20-24-16)15-9-6-10-25-15/h4-10H,3,11-12H2,1-2H3. The molecule has 2 aromatic heterocycles. The molecule has 0 radical (unpaired) electrons. The highest BCUT2D eigenvalue weighted by molar-refractivity contribution is 7.13. The molecule has 7 heteroatoms. The lowest BCUT2D eigenvalue weighted by Gasteiger charge is -2.19. The van der Waals surface area contributed by atoms with E-state index < -0.39 is 0 Å². The van der Waals surface area contributed by atoms with Crippen LogP contribution in [0.3, 0.4) is 0 Å². The molecule has 0 N–H and O–H groups in total. The molecule has 0 aliphatic rings. The summed E-state index contributed by atoms with van der Waals surface area (Å²) in [6.45, 7) is 4.63. The van der Waals surface area contributed by atoms with Crippen molar-refractivity contribution in [2.45, 2.75) is 20.4 Å². The quantitative estimate of drug-likeness (QED) is 0.647. The largest absolute Gasteiger partial charge is 0.484 e. The van der Waals surface area contributed by atoms with Gasteiger partial charge in [0.2, 0.25) is 11.7 Å². The highest BCUT2D eigenvalue weighted by atomic mass is 32.1. The van der Waals surface area contributed by atoms with Gasteiger partial charge in [0.1, 0.15) is 12.3 Å². The summed E-state index contributed by atoms with van der Waals surface area (Å²) in [6.07, 6.45) is 0. The molecule has 0 unspecified atom stereocenters. The van der Waals surface area contributed by atoms with E-state index in [9.17, 15) is 4.79 Å². The Hall–Kier alpha value is -2.67. The summed E-state index contributed by atoms with van der Waals surface area (Å²) >= 11 is 1.54. The van der Waals surface area contributed by atoms with Crippen LogP contribution >= 0.6 is 11.3 Å². The fourth-order valence-electron chi connectivity index (χ4n) is 2.31. The van der Waals surface area contributed by atoms with Gasteiger partial charge in [0.05, 0.1) is 4.88 Å². The summed E-state index contributed by atoms with van der Waals surface area (Å²) in [4.78, 5) is 19.3. The van der Waals surface area contributed by atoms with Gasteiger partial charge in [-0.05, 0) is 36.9 Å². The van der Waals surface area contributed by atoms with Crippen LogP contribution in [0.25, 0.3) is 10.7 Å². The lowest BCUT2D eigenvalue weighted by Crippen LogP contribution is -2.34. The number of hydrogen-bond donors (Lipinski definition) is 0. The molecule has 0 fully saturated rings. The van der Waals surface area contributed by atoms with Crippen molar-refractivity contribution in [2.75, 3.05) is 13.2 Å². The monoisotopic (exact) mass is 357 g/mol. The third-order valence-corrected chi connectivity index (χ3v) is 4.58. The molecule has 1 amide bonds. The Balaban J connectivity index is 1.60. The number of likely N-dealkylation sites (N-methyl/N-ethyl adjacent to an activating group) is 1. The zero-order valence-corrected chi connectivity index (χ0v) is 15.0. The second-order valence-electron chi connectivity index (χ2n) is 5.45. The Labute approximate surface area is 150 Å². The number of amides is 1. The number of ether oxygens (including phenoxy) is 1. The smallest absolute Gasteiger partial charge is 0.260 e. The first-order valence-corrected chi connectivity index (χ1v) is 8.88. The maximum atomic E-state index is 12.4. The van der Waals surface area contributed by atoms with Crippen molar-refractivity contribution < 1.29 is 14.1 Å². The summed E-state index contributed by atoms with van der Waals surface area (Å²) in [5.41, 5.74) is 0.996. The molecule has 25 heavy (non-hydrogen) atoms. The van der Waals surface area contributed by atoms with Gasteiger partial charge in [0.15, 0.2) is 6.61 Å². The van der Waals surface area contributed by atoms with E-state index in [0.717, 1.165) is 10.4 Å². The van der Waals surface area contributed by atoms with Gasteiger partial charge in [-0.25, -0.2) is 0 Å². The van der Waals surface area contributed by atoms with E-state index in [4.69, 9.17) is 9.26 Å². The molecule has 1 aromatic carbocycles. The molecular weight excluding hydrogens is 338 g/mol. The Morgan fingerprint density at radius 2 is 2.12 bits per heavy atom. The van der Waals surface area contributed by atoms with Gasteiger partial charge in [-0.15, -0.1) is 11.3 Å². The van der Waals surface area contributed by atoms with Crippen molar-refractivity contribution in [3.63, 3.8) is 0 Å². The minimum Gasteiger partial charge on any atom is -0.484 e. The number of benzene rings is 1. The molecule has 6 nitrogen and oxygen atoms in total. The first kappa shape index (κ1) is 17.2. The minimum absolute atomic E-state index is 0.0232. The lowest BCUT2D eigenvalue weighted by molar-refractivity contribution is -0.134. The predicted molar refractivity (Wildman–Crippen MR) is 95.4 cm³/mol. The van der Waals surface area contributed by atoms with E-state index in [2.05, 4.69) is 10.1 Å². The van der Waals surface area contributed by atoms with E-state index >= 15 is 0 Å². The van der Waals surface area contributed by atoms with Crippen LogP contribution in [-0.2, 0) is 11.3 Å². The zero-order chi connectivity index (χ0) is 17.6. The SMILES string of the molecule is CCN(Cc1nc(-c2cccs2)no1)C(=O)COc1ccccc1C. The Bertz CT molecular complexity index is 830. The molecule has 0 saturated heterocycles. The number of hydrogen-bond acceptors (Lipinski definition) is 6. The minimum atomic E-state index is -0.123. The van der Waals surface area contributed by atoms with Crippen molar-refractivity contribution in [1.82, 2.24) is 15.0 Å². The fraction of sp³-hybridized carbons (Fsp3) is 0.278. The fourth-order valence-corrected chi connectivity index (χ4v) is 2.96. The molecule has 0 atom stereocenters. The van der Waals surface area contributed by atoms with Crippen molar-refractivity contribution in [2.24, 2.45) is 0 Å². The summed E-state index contributed by atoms with van der Waals surface area (Å²) in [5, 5.41) is 5.92. The van der Waals surface area contributed by atoms with Crippen molar-refractivity contribution in [3.05, 3.63) is 53.2 Å². The third-order valence-electron chi connectivity index (χ3n) is 3.71. The number of nitrogens with zero attached hydrogens (tertiary/aromatic N) is 3. The summed E-state index contributed by atoms with van der Waals surface area (Å²) in [6, 6.07) is 11.5. The molecule has 0 saturated carbocycles. The van der Waals surface area contributed by atoms with Crippen LogP contribution in [0, 0.1) is 6.92 Å². The summed E-state index contributed by atoms with van der Waals surface area (Å²) in [5.74, 6) is 1.55. The van der Waals surface area contributed by atoms with Gasteiger partial charge in [-0.1, -0.05) is 29.4 Å². The molecule has 0 aliphatic carbocycles. The van der Waals surface area contributed by atoms with Crippen LogP contribution in [0.4, 0.5) is 0 Å². The van der Waals surface area contributed by atoms with Crippen LogP contribution in [0.15, 0.2) is 46.3 Å². The lowest BCUT2D eigenvalue weighted by atomic mass is 10.2. The summed E-state index contributed by atoms with van der Waals surface area (Å²) < 4.78 is 10.9. The highest BCUT2D eigenvalue weighted by Gasteiger charge is 2.17. The number of carbonyl (C=O) groups excluding carboxylic acids is 1. The van der Waals surface area contributed by atoms with Crippen LogP contribution in [0.5, 0.6) is 5.75 Å².